The zero-order valence-corrected chi connectivity index (χ0v) is 27.0. The second kappa shape index (κ2) is 11.3. The van der Waals surface area contributed by atoms with Crippen molar-refractivity contribution in [3.05, 3.63) is 11.1 Å². The molecule has 0 amide bonds. The van der Waals surface area contributed by atoms with E-state index in [-0.39, 0.29) is 13.0 Å². The Balaban J connectivity index is 1.87. The van der Waals surface area contributed by atoms with E-state index in [1.54, 1.807) is 0 Å². The Morgan fingerprint density at radius 3 is 2.13 bits per heavy atom. The van der Waals surface area contributed by atoms with Crippen LogP contribution in [0.1, 0.15) is 79.6 Å². The molecule has 0 spiro atoms. The number of hydrogen-bond acceptors (Lipinski definition) is 13. The molecule has 256 valence electrons. The van der Waals surface area contributed by atoms with E-state index in [9.17, 15) is 44.4 Å². The number of carbonyl (C=O) groups is 5. The van der Waals surface area contributed by atoms with Gasteiger partial charge in [-0.1, -0.05) is 33.1 Å². The van der Waals surface area contributed by atoms with Gasteiger partial charge in [-0.15, -0.1) is 0 Å². The maximum Gasteiger partial charge on any atom is 0.508 e. The lowest BCUT2D eigenvalue weighted by Gasteiger charge is -2.67. The molecule has 1 aliphatic heterocycles. The minimum Gasteiger partial charge on any atom is -0.478 e. The minimum atomic E-state index is -2.40. The maximum absolute atomic E-state index is 15.0. The fourth-order valence-corrected chi connectivity index (χ4v) is 8.95. The van der Waals surface area contributed by atoms with Crippen LogP contribution in [0.15, 0.2) is 11.1 Å². The van der Waals surface area contributed by atoms with E-state index in [1.807, 2.05) is 0 Å². The summed E-state index contributed by atoms with van der Waals surface area (Å²) in [6.45, 7) is 5.97. The summed E-state index contributed by atoms with van der Waals surface area (Å²) in [4.78, 5) is 67.1. The first-order chi connectivity index (χ1) is 21.3. The Morgan fingerprint density at radius 2 is 1.61 bits per heavy atom. The normalized spacial score (nSPS) is 41.8. The van der Waals surface area contributed by atoms with Crippen molar-refractivity contribution >= 4 is 29.8 Å². The van der Waals surface area contributed by atoms with Crippen molar-refractivity contribution in [3.63, 3.8) is 0 Å². The van der Waals surface area contributed by atoms with Crippen molar-refractivity contribution in [2.75, 3.05) is 13.7 Å². The van der Waals surface area contributed by atoms with E-state index in [1.165, 1.54) is 20.8 Å². The van der Waals surface area contributed by atoms with Crippen LogP contribution in [0.4, 0.5) is 4.79 Å². The highest BCUT2D eigenvalue weighted by molar-refractivity contribution is 5.99. The van der Waals surface area contributed by atoms with Gasteiger partial charge in [-0.3, -0.25) is 14.4 Å². The molecule has 2 bridgehead atoms. The molecule has 1 heterocycles. The molecule has 4 fully saturated rings. The molecule has 5 rings (SSSR count). The number of carboxylic acids is 1. The Hall–Kier alpha value is -3.07. The number of Topliss-reactive ketones (excluding diaryl/α,β-unsaturated/α-hetero) is 1. The lowest BCUT2D eigenvalue weighted by molar-refractivity contribution is -0.347. The van der Waals surface area contributed by atoms with Gasteiger partial charge < -0.3 is 44.1 Å². The topological polar surface area (TPSA) is 212 Å². The number of aliphatic hydroxyl groups excluding tert-OH is 1. The van der Waals surface area contributed by atoms with Crippen molar-refractivity contribution in [2.24, 2.45) is 22.7 Å². The SMILES string of the molecule is COC(=O)O[C@@]12CO[C@@H]1C[C@H](O)[C@@]1(C)C(=O)[C@H](OC(C)=O)C3=C(C(=O)O)[C@@](C)(O)C[C@@](O)([C@@H](OC(=O)C4CCCCC4)C12)C3(C)C. The standard InChI is InChI=1S/C32H44O14/c1-15(33)44-21-19-20(25(36)37)29(4,40)13-32(41,28(19,2)3)24(45-26(38)16-10-8-7-9-11-16)22-30(5,23(21)35)17(34)12-18-31(22,14-43-18)46-27(39)42-6/h16-18,21-22,24,34,40-41H,7-14H2,1-6H3,(H,36,37)/t17-,18+,21+,22?,24-,29-,30+,31-,32+/m0/s1. The van der Waals surface area contributed by atoms with Gasteiger partial charge in [-0.2, -0.15) is 0 Å². The summed E-state index contributed by atoms with van der Waals surface area (Å²) in [5.41, 5.74) is -11.6. The van der Waals surface area contributed by atoms with Gasteiger partial charge in [-0.05, 0) is 32.3 Å². The largest absolute Gasteiger partial charge is 0.508 e. The summed E-state index contributed by atoms with van der Waals surface area (Å²) in [6.07, 6.45) is -5.10. The number of carbonyl (C=O) groups excluding carboxylic acids is 4. The van der Waals surface area contributed by atoms with Crippen molar-refractivity contribution in [1.82, 2.24) is 0 Å². The van der Waals surface area contributed by atoms with Crippen LogP contribution in [0.25, 0.3) is 0 Å². The van der Waals surface area contributed by atoms with Gasteiger partial charge in [0.05, 0.1) is 48.2 Å². The molecule has 46 heavy (non-hydrogen) atoms. The van der Waals surface area contributed by atoms with Crippen LogP contribution in [0.3, 0.4) is 0 Å². The number of carboxylic acid groups (broad SMARTS) is 1. The summed E-state index contributed by atoms with van der Waals surface area (Å²) in [7, 11) is 1.07. The first-order valence-electron chi connectivity index (χ1n) is 15.7. The van der Waals surface area contributed by atoms with Crippen LogP contribution >= 0.6 is 0 Å². The monoisotopic (exact) mass is 652 g/mol. The number of ether oxygens (including phenoxy) is 5. The quantitative estimate of drug-likeness (QED) is 0.245. The van der Waals surface area contributed by atoms with Crippen LogP contribution in [0.2, 0.25) is 0 Å². The van der Waals surface area contributed by atoms with Crippen molar-refractivity contribution < 1.29 is 68.1 Å². The zero-order valence-electron chi connectivity index (χ0n) is 27.0. The highest BCUT2D eigenvalue weighted by atomic mass is 16.8. The van der Waals surface area contributed by atoms with Gasteiger partial charge in [0.1, 0.15) is 17.8 Å². The third-order valence-electron chi connectivity index (χ3n) is 11.5. The van der Waals surface area contributed by atoms with Gasteiger partial charge in [0, 0.05) is 25.2 Å². The third kappa shape index (κ3) is 4.77. The summed E-state index contributed by atoms with van der Waals surface area (Å²) in [5, 5.41) is 47.0. The molecule has 3 saturated carbocycles. The molecule has 1 unspecified atom stereocenters. The number of fused-ring (bicyclic) bond motifs is 5. The summed E-state index contributed by atoms with van der Waals surface area (Å²) in [5.74, 6) is -6.39. The second-order valence-corrected chi connectivity index (χ2v) is 14.5. The Kier molecular flexibility index (Phi) is 8.40. The number of esters is 2. The molecule has 14 heteroatoms. The van der Waals surface area contributed by atoms with E-state index in [4.69, 9.17) is 23.7 Å². The van der Waals surface area contributed by atoms with Crippen molar-refractivity contribution in [1.29, 1.82) is 0 Å². The van der Waals surface area contributed by atoms with E-state index in [0.717, 1.165) is 40.2 Å². The zero-order chi connectivity index (χ0) is 34.2. The molecule has 14 nitrogen and oxygen atoms in total. The van der Waals surface area contributed by atoms with E-state index >= 15 is 0 Å². The summed E-state index contributed by atoms with van der Waals surface area (Å²) < 4.78 is 28.3. The molecule has 0 aromatic rings. The lowest BCUT2D eigenvalue weighted by atomic mass is 9.43. The van der Waals surface area contributed by atoms with Gasteiger partial charge in [0.25, 0.3) is 0 Å². The molecule has 4 aliphatic carbocycles. The predicted octanol–water partition coefficient (Wildman–Crippen LogP) is 1.59. The average Bonchev–Trinajstić information content (AvgIpc) is 2.96. The molecular formula is C32H44O14. The number of ketones is 1. The van der Waals surface area contributed by atoms with Gasteiger partial charge >= 0.3 is 24.1 Å². The van der Waals surface area contributed by atoms with Crippen LogP contribution in [0.5, 0.6) is 0 Å². The molecule has 1 saturated heterocycles. The highest BCUT2D eigenvalue weighted by Crippen LogP contribution is 2.65. The number of hydrogen-bond donors (Lipinski definition) is 4. The van der Waals surface area contributed by atoms with E-state index in [2.05, 4.69) is 0 Å². The Morgan fingerprint density at radius 1 is 0.978 bits per heavy atom. The molecule has 4 N–H and O–H groups in total. The Labute approximate surface area is 266 Å². The fourth-order valence-electron chi connectivity index (χ4n) is 8.95. The first-order valence-corrected chi connectivity index (χ1v) is 15.7. The van der Waals surface area contributed by atoms with Gasteiger partial charge in [0.15, 0.2) is 17.5 Å². The predicted molar refractivity (Wildman–Crippen MR) is 154 cm³/mol. The molecule has 0 radical (unpaired) electrons. The third-order valence-corrected chi connectivity index (χ3v) is 11.5. The minimum absolute atomic E-state index is 0.254. The maximum atomic E-state index is 15.0. The van der Waals surface area contributed by atoms with Gasteiger partial charge in [-0.25, -0.2) is 9.59 Å². The van der Waals surface area contributed by atoms with Crippen LogP contribution < -0.4 is 0 Å². The van der Waals surface area contributed by atoms with Crippen molar-refractivity contribution in [3.8, 4) is 0 Å². The van der Waals surface area contributed by atoms with Crippen LogP contribution in [0, 0.1) is 22.7 Å². The van der Waals surface area contributed by atoms with E-state index in [0.29, 0.717) is 12.8 Å². The average molecular weight is 653 g/mol. The van der Waals surface area contributed by atoms with Crippen molar-refractivity contribution in [2.45, 2.75) is 121 Å². The van der Waals surface area contributed by atoms with Crippen LogP contribution in [-0.2, 0) is 42.9 Å². The summed E-state index contributed by atoms with van der Waals surface area (Å²) in [6, 6.07) is 0. The molecule has 0 aromatic carbocycles. The Bertz CT molecular complexity index is 1360. The lowest BCUT2D eigenvalue weighted by Crippen LogP contribution is -2.82. The highest BCUT2D eigenvalue weighted by Gasteiger charge is 2.79. The number of rotatable bonds is 5. The van der Waals surface area contributed by atoms with E-state index < -0.39 is 111 Å². The van der Waals surface area contributed by atoms with Gasteiger partial charge in [0.2, 0.25) is 0 Å². The first kappa shape index (κ1) is 34.3. The molecular weight excluding hydrogens is 608 g/mol. The second-order valence-electron chi connectivity index (χ2n) is 14.5. The fraction of sp³-hybridized carbons (Fsp3) is 0.781. The molecule has 0 aromatic heterocycles. The molecule has 5 aliphatic rings. The summed E-state index contributed by atoms with van der Waals surface area (Å²) >= 11 is 0. The molecule has 9 atom stereocenters. The number of methoxy groups -OCH3 is 1. The number of aliphatic hydroxyl groups is 3. The van der Waals surface area contributed by atoms with Crippen LogP contribution in [-0.4, -0.2) is 105 Å². The smallest absolute Gasteiger partial charge is 0.478 e. The number of aliphatic carboxylic acids is 1.